The van der Waals surface area contributed by atoms with Gasteiger partial charge in [-0.2, -0.15) is 5.10 Å². The second-order valence-corrected chi connectivity index (χ2v) is 5.41. The molecule has 0 amide bonds. The molecule has 0 aliphatic carbocycles. The first-order valence-electron chi connectivity index (χ1n) is 7.61. The summed E-state index contributed by atoms with van der Waals surface area (Å²) in [5.41, 5.74) is 2.38. The molecular weight excluding hydrogens is 264 g/mol. The zero-order chi connectivity index (χ0) is 14.7. The number of hydrogen-bond acceptors (Lipinski definition) is 4. The van der Waals surface area contributed by atoms with Crippen molar-refractivity contribution in [3.05, 3.63) is 35.7 Å². The Morgan fingerprint density at radius 1 is 1.24 bits per heavy atom. The highest BCUT2D eigenvalue weighted by atomic mass is 16.5. The molecule has 5 nitrogen and oxygen atoms in total. The molecule has 1 aromatic heterocycles. The van der Waals surface area contributed by atoms with Crippen LogP contribution >= 0.6 is 0 Å². The van der Waals surface area contributed by atoms with Crippen molar-refractivity contribution in [1.29, 1.82) is 0 Å². The smallest absolute Gasteiger partial charge is 0.181 e. The van der Waals surface area contributed by atoms with E-state index in [1.54, 1.807) is 0 Å². The molecule has 21 heavy (non-hydrogen) atoms. The fourth-order valence-corrected chi connectivity index (χ4v) is 2.67. The summed E-state index contributed by atoms with van der Waals surface area (Å²) in [6.07, 6.45) is 0.874. The quantitative estimate of drug-likeness (QED) is 0.938. The molecule has 1 aliphatic heterocycles. The van der Waals surface area contributed by atoms with Crippen LogP contribution in [0.5, 0.6) is 0 Å². The van der Waals surface area contributed by atoms with Gasteiger partial charge in [-0.15, -0.1) is 0 Å². The highest BCUT2D eigenvalue weighted by Gasteiger charge is 2.18. The van der Waals surface area contributed by atoms with E-state index in [1.807, 2.05) is 0 Å². The van der Waals surface area contributed by atoms with Gasteiger partial charge in [-0.3, -0.25) is 10.00 Å². The minimum absolute atomic E-state index is 0.418. The lowest BCUT2D eigenvalue weighted by Crippen LogP contribution is -2.37. The Kier molecular flexibility index (Phi) is 4.31. The molecule has 2 aromatic rings. The van der Waals surface area contributed by atoms with Crippen LogP contribution < -0.4 is 0 Å². The SMILES string of the molecule is CCc1nc(-c2ccc([C@H](C)N3CCOCC3)cc2)n[nH]1. The first kappa shape index (κ1) is 14.2. The molecule has 112 valence electrons. The number of aromatic nitrogens is 3. The molecule has 1 fully saturated rings. The summed E-state index contributed by atoms with van der Waals surface area (Å²) in [6.45, 7) is 7.99. The van der Waals surface area contributed by atoms with E-state index in [2.05, 4.69) is 58.2 Å². The van der Waals surface area contributed by atoms with Gasteiger partial charge >= 0.3 is 0 Å². The number of H-pyrrole nitrogens is 1. The maximum atomic E-state index is 5.41. The monoisotopic (exact) mass is 286 g/mol. The van der Waals surface area contributed by atoms with Crippen LogP contribution in [0, 0.1) is 0 Å². The van der Waals surface area contributed by atoms with E-state index < -0.39 is 0 Å². The maximum Gasteiger partial charge on any atom is 0.181 e. The van der Waals surface area contributed by atoms with Crippen molar-refractivity contribution in [2.75, 3.05) is 26.3 Å². The van der Waals surface area contributed by atoms with Gasteiger partial charge in [0.15, 0.2) is 5.82 Å². The molecule has 0 unspecified atom stereocenters. The number of nitrogens with zero attached hydrogens (tertiary/aromatic N) is 3. The van der Waals surface area contributed by atoms with Crippen LogP contribution in [0.15, 0.2) is 24.3 Å². The van der Waals surface area contributed by atoms with Gasteiger partial charge in [-0.1, -0.05) is 31.2 Å². The highest BCUT2D eigenvalue weighted by Crippen LogP contribution is 2.23. The highest BCUT2D eigenvalue weighted by molar-refractivity contribution is 5.55. The lowest BCUT2D eigenvalue weighted by Gasteiger charge is -2.32. The molecule has 0 bridgehead atoms. The van der Waals surface area contributed by atoms with E-state index in [-0.39, 0.29) is 0 Å². The summed E-state index contributed by atoms with van der Waals surface area (Å²) in [6, 6.07) is 8.99. The lowest BCUT2D eigenvalue weighted by atomic mass is 10.0. The van der Waals surface area contributed by atoms with Crippen LogP contribution in [-0.4, -0.2) is 46.4 Å². The van der Waals surface area contributed by atoms with E-state index in [0.29, 0.717) is 6.04 Å². The second kappa shape index (κ2) is 6.37. The number of benzene rings is 1. The molecule has 1 aliphatic rings. The molecule has 3 rings (SSSR count). The Labute approximate surface area is 125 Å². The predicted molar refractivity (Wildman–Crippen MR) is 82.0 cm³/mol. The van der Waals surface area contributed by atoms with Crippen LogP contribution in [0.25, 0.3) is 11.4 Å². The third-order valence-electron chi connectivity index (χ3n) is 4.11. The molecule has 1 N–H and O–H groups in total. The topological polar surface area (TPSA) is 54.0 Å². The minimum Gasteiger partial charge on any atom is -0.379 e. The Bertz CT molecular complexity index is 572. The zero-order valence-electron chi connectivity index (χ0n) is 12.7. The van der Waals surface area contributed by atoms with Crippen LogP contribution in [0.1, 0.15) is 31.3 Å². The molecular formula is C16H22N4O. The number of nitrogens with one attached hydrogen (secondary N) is 1. The van der Waals surface area contributed by atoms with Gasteiger partial charge in [-0.05, 0) is 12.5 Å². The molecule has 1 saturated heterocycles. The molecule has 1 aromatic carbocycles. The first-order chi connectivity index (χ1) is 10.3. The number of morpholine rings is 1. The Hall–Kier alpha value is -1.72. The van der Waals surface area contributed by atoms with Gasteiger partial charge in [0.2, 0.25) is 0 Å². The maximum absolute atomic E-state index is 5.41. The van der Waals surface area contributed by atoms with E-state index in [0.717, 1.165) is 49.9 Å². The third kappa shape index (κ3) is 3.14. The largest absolute Gasteiger partial charge is 0.379 e. The van der Waals surface area contributed by atoms with Gasteiger partial charge < -0.3 is 4.74 Å². The summed E-state index contributed by atoms with van der Waals surface area (Å²) in [4.78, 5) is 6.93. The van der Waals surface area contributed by atoms with Crippen LogP contribution in [0.3, 0.4) is 0 Å². The van der Waals surface area contributed by atoms with Gasteiger partial charge in [0.1, 0.15) is 5.82 Å². The second-order valence-electron chi connectivity index (χ2n) is 5.41. The zero-order valence-corrected chi connectivity index (χ0v) is 12.7. The van der Waals surface area contributed by atoms with Crippen LogP contribution in [0.2, 0.25) is 0 Å². The van der Waals surface area contributed by atoms with E-state index in [9.17, 15) is 0 Å². The normalized spacial score (nSPS) is 17.8. The molecule has 0 radical (unpaired) electrons. The first-order valence-corrected chi connectivity index (χ1v) is 7.61. The fourth-order valence-electron chi connectivity index (χ4n) is 2.67. The summed E-state index contributed by atoms with van der Waals surface area (Å²) in [5.74, 6) is 1.70. The number of aryl methyl sites for hydroxylation is 1. The van der Waals surface area contributed by atoms with Crippen molar-refractivity contribution in [3.8, 4) is 11.4 Å². The summed E-state index contributed by atoms with van der Waals surface area (Å²) < 4.78 is 5.41. The molecule has 1 atom stereocenters. The van der Waals surface area contributed by atoms with Gasteiger partial charge in [0.25, 0.3) is 0 Å². The van der Waals surface area contributed by atoms with Crippen molar-refractivity contribution in [2.45, 2.75) is 26.3 Å². The average molecular weight is 286 g/mol. The molecule has 2 heterocycles. The lowest BCUT2D eigenvalue weighted by molar-refractivity contribution is 0.0198. The molecule has 0 spiro atoms. The summed E-state index contributed by atoms with van der Waals surface area (Å²) in [7, 11) is 0. The van der Waals surface area contributed by atoms with Crippen LogP contribution in [-0.2, 0) is 11.2 Å². The number of rotatable bonds is 4. The van der Waals surface area contributed by atoms with Crippen molar-refractivity contribution in [3.63, 3.8) is 0 Å². The number of hydrogen-bond donors (Lipinski definition) is 1. The van der Waals surface area contributed by atoms with Gasteiger partial charge in [0, 0.05) is 31.1 Å². The van der Waals surface area contributed by atoms with Crippen molar-refractivity contribution in [2.24, 2.45) is 0 Å². The fraction of sp³-hybridized carbons (Fsp3) is 0.500. The Morgan fingerprint density at radius 3 is 2.57 bits per heavy atom. The van der Waals surface area contributed by atoms with Gasteiger partial charge in [-0.25, -0.2) is 4.98 Å². The average Bonchev–Trinajstić information content (AvgIpc) is 3.04. The van der Waals surface area contributed by atoms with Crippen molar-refractivity contribution in [1.82, 2.24) is 20.1 Å². The summed E-state index contributed by atoms with van der Waals surface area (Å²) >= 11 is 0. The predicted octanol–water partition coefficient (Wildman–Crippen LogP) is 2.43. The Morgan fingerprint density at radius 2 is 1.95 bits per heavy atom. The third-order valence-corrected chi connectivity index (χ3v) is 4.11. The molecule has 5 heteroatoms. The van der Waals surface area contributed by atoms with Crippen LogP contribution in [0.4, 0.5) is 0 Å². The number of ether oxygens (including phenoxy) is 1. The minimum atomic E-state index is 0.418. The van der Waals surface area contributed by atoms with Crippen molar-refractivity contribution < 1.29 is 4.74 Å². The Balaban J connectivity index is 1.73. The summed E-state index contributed by atoms with van der Waals surface area (Å²) in [5, 5.41) is 7.22. The van der Waals surface area contributed by atoms with Crippen molar-refractivity contribution >= 4 is 0 Å². The standard InChI is InChI=1S/C16H22N4O/c1-3-15-17-16(19-18-15)14-6-4-13(5-7-14)12(2)20-8-10-21-11-9-20/h4-7,12H,3,8-11H2,1-2H3,(H,17,18,19)/t12-/m0/s1. The van der Waals surface area contributed by atoms with E-state index in [1.165, 1.54) is 5.56 Å². The van der Waals surface area contributed by atoms with Gasteiger partial charge in [0.05, 0.1) is 13.2 Å². The molecule has 0 saturated carbocycles. The number of aromatic amines is 1. The van der Waals surface area contributed by atoms with E-state index >= 15 is 0 Å². The van der Waals surface area contributed by atoms with E-state index in [4.69, 9.17) is 4.74 Å².